The van der Waals surface area contributed by atoms with Crippen LogP contribution in [0.1, 0.15) is 28.7 Å². The second-order valence-corrected chi connectivity index (χ2v) is 12.2. The average Bonchev–Trinajstić information content (AvgIpc) is 3.51. The van der Waals surface area contributed by atoms with Crippen LogP contribution >= 0.6 is 0 Å². The molecule has 43 heavy (non-hydrogen) atoms. The van der Waals surface area contributed by atoms with Crippen LogP contribution in [-0.4, -0.2) is 61.4 Å². The molecule has 4 aromatic carbocycles. The smallest absolute Gasteiger partial charge is 0.227 e. The first-order valence-electron chi connectivity index (χ1n) is 15.0. The van der Waals surface area contributed by atoms with Crippen molar-refractivity contribution in [3.63, 3.8) is 0 Å². The number of fused-ring (bicyclic) bond motifs is 1. The van der Waals surface area contributed by atoms with Crippen molar-refractivity contribution in [2.45, 2.75) is 30.0 Å². The zero-order chi connectivity index (χ0) is 30.2. The molecule has 1 heterocycles. The third-order valence-corrected chi connectivity index (χ3v) is 9.83. The summed E-state index contributed by atoms with van der Waals surface area (Å²) < 4.78 is 5.71. The normalized spacial score (nSPS) is 24.3. The van der Waals surface area contributed by atoms with Gasteiger partial charge in [-0.1, -0.05) is 97.1 Å². The Hall–Kier alpha value is -4.13. The fourth-order valence-corrected chi connectivity index (χ4v) is 7.84. The number of carbonyl (C=O) groups excluding carboxylic acids is 1. The summed E-state index contributed by atoms with van der Waals surface area (Å²) in [5.74, 6) is -0.0975. The summed E-state index contributed by atoms with van der Waals surface area (Å²) in [5, 5.41) is 24.9. The lowest BCUT2D eigenvalue weighted by Crippen LogP contribution is -2.60. The number of rotatable bonds is 7. The van der Waals surface area contributed by atoms with E-state index in [0.717, 1.165) is 22.4 Å². The predicted molar refractivity (Wildman–Crippen MR) is 169 cm³/mol. The van der Waals surface area contributed by atoms with E-state index in [0.29, 0.717) is 30.8 Å². The Balaban J connectivity index is 1.49. The minimum absolute atomic E-state index is 0.00981. The van der Waals surface area contributed by atoms with E-state index in [1.54, 1.807) is 7.11 Å². The van der Waals surface area contributed by atoms with Crippen LogP contribution in [0, 0.1) is 11.8 Å². The van der Waals surface area contributed by atoms with E-state index in [2.05, 4.69) is 24.3 Å². The molecule has 6 heteroatoms. The van der Waals surface area contributed by atoms with Gasteiger partial charge in [-0.3, -0.25) is 4.79 Å². The Morgan fingerprint density at radius 2 is 1.40 bits per heavy atom. The van der Waals surface area contributed by atoms with E-state index in [9.17, 15) is 15.0 Å². The Morgan fingerprint density at radius 3 is 2.02 bits per heavy atom. The molecule has 2 fully saturated rings. The van der Waals surface area contributed by atoms with Gasteiger partial charge in [0.15, 0.2) is 0 Å². The number of likely N-dealkylation sites (tertiary alicyclic amines) is 1. The number of benzene rings is 4. The van der Waals surface area contributed by atoms with Crippen molar-refractivity contribution in [2.24, 2.45) is 11.8 Å². The van der Waals surface area contributed by atoms with Crippen molar-refractivity contribution in [3.8, 4) is 5.75 Å². The molecule has 0 bridgehead atoms. The van der Waals surface area contributed by atoms with Gasteiger partial charge in [0.1, 0.15) is 11.4 Å². The van der Waals surface area contributed by atoms with E-state index in [1.165, 1.54) is 0 Å². The number of hydrogen-bond acceptors (Lipinski definition) is 5. The van der Waals surface area contributed by atoms with E-state index in [4.69, 9.17) is 4.74 Å². The van der Waals surface area contributed by atoms with Gasteiger partial charge in [-0.15, -0.1) is 0 Å². The molecular weight excluding hydrogens is 536 g/mol. The number of anilines is 1. The van der Waals surface area contributed by atoms with Crippen LogP contribution in [0.15, 0.2) is 109 Å². The summed E-state index contributed by atoms with van der Waals surface area (Å²) in [4.78, 5) is 18.0. The second-order valence-electron chi connectivity index (χ2n) is 12.2. The van der Waals surface area contributed by atoms with Crippen molar-refractivity contribution in [1.82, 2.24) is 4.90 Å². The van der Waals surface area contributed by atoms with Crippen LogP contribution in [0.4, 0.5) is 5.69 Å². The van der Waals surface area contributed by atoms with Crippen molar-refractivity contribution < 1.29 is 19.7 Å². The SMILES string of the molecule is COc1ccccc1[C@@]1(O)[C@H](O)CC(c2ccccc2)(c2ccccc2)[C@@H]2CN(C(=O)Cc3ccccc3N(C)C)C[C@@H]21. The number of aliphatic hydroxyl groups excluding tert-OH is 1. The van der Waals surface area contributed by atoms with Gasteiger partial charge in [0.2, 0.25) is 5.91 Å². The summed E-state index contributed by atoms with van der Waals surface area (Å²) in [6.45, 7) is 0.780. The van der Waals surface area contributed by atoms with Gasteiger partial charge < -0.3 is 24.7 Å². The molecule has 1 amide bonds. The fraction of sp³-hybridized carbons (Fsp3) is 0.324. The highest BCUT2D eigenvalue weighted by molar-refractivity contribution is 5.81. The van der Waals surface area contributed by atoms with Crippen molar-refractivity contribution >= 4 is 11.6 Å². The maximum atomic E-state index is 14.1. The summed E-state index contributed by atoms with van der Waals surface area (Å²) >= 11 is 0. The topological polar surface area (TPSA) is 73.2 Å². The van der Waals surface area contributed by atoms with Gasteiger partial charge in [-0.2, -0.15) is 0 Å². The van der Waals surface area contributed by atoms with Gasteiger partial charge >= 0.3 is 0 Å². The van der Waals surface area contributed by atoms with Crippen molar-refractivity contribution in [2.75, 3.05) is 39.2 Å². The highest BCUT2D eigenvalue weighted by atomic mass is 16.5. The molecule has 222 valence electrons. The first kappa shape index (κ1) is 29.0. The minimum Gasteiger partial charge on any atom is -0.496 e. The molecule has 4 atom stereocenters. The van der Waals surface area contributed by atoms with Crippen LogP contribution in [0.3, 0.4) is 0 Å². The first-order chi connectivity index (χ1) is 20.8. The number of aliphatic hydroxyl groups is 2. The zero-order valence-corrected chi connectivity index (χ0v) is 25.1. The number of ether oxygens (including phenoxy) is 1. The lowest BCUT2D eigenvalue weighted by atomic mass is 9.51. The minimum atomic E-state index is -1.62. The number of para-hydroxylation sites is 2. The number of hydrogen-bond donors (Lipinski definition) is 2. The van der Waals surface area contributed by atoms with Crippen LogP contribution in [0.2, 0.25) is 0 Å². The van der Waals surface area contributed by atoms with Gasteiger partial charge in [0, 0.05) is 49.8 Å². The third-order valence-electron chi connectivity index (χ3n) is 9.83. The molecule has 0 radical (unpaired) electrons. The first-order valence-corrected chi connectivity index (χ1v) is 15.0. The molecule has 6 rings (SSSR count). The Labute approximate surface area is 254 Å². The molecule has 1 saturated heterocycles. The Bertz CT molecular complexity index is 1530. The van der Waals surface area contributed by atoms with Gasteiger partial charge in [0.05, 0.1) is 19.6 Å². The third kappa shape index (κ3) is 4.79. The highest BCUT2D eigenvalue weighted by Crippen LogP contribution is 2.60. The average molecular weight is 577 g/mol. The zero-order valence-electron chi connectivity index (χ0n) is 25.1. The van der Waals surface area contributed by atoms with Crippen LogP contribution < -0.4 is 9.64 Å². The number of amides is 1. The molecule has 1 aliphatic heterocycles. The highest BCUT2D eigenvalue weighted by Gasteiger charge is 2.64. The summed E-state index contributed by atoms with van der Waals surface area (Å²) in [6.07, 6.45) is -0.565. The van der Waals surface area contributed by atoms with Crippen LogP contribution in [0.25, 0.3) is 0 Å². The van der Waals surface area contributed by atoms with Crippen molar-refractivity contribution in [3.05, 3.63) is 131 Å². The molecule has 0 spiro atoms. The standard InChI is InChI=1S/C37H40N2O4/c1-38(2)32-20-12-10-14-26(32)22-35(41)39-24-30-31(25-39)37(42,29-19-11-13-21-33(29)43-3)34(40)23-36(30,27-15-6-4-7-16-27)28-17-8-5-9-18-28/h4-21,30-31,34,40,42H,22-25H2,1-3H3/t30-,31+,34-,37+/m1/s1. The number of nitrogens with zero attached hydrogens (tertiary/aromatic N) is 2. The van der Waals surface area contributed by atoms with E-state index >= 15 is 0 Å². The quantitative estimate of drug-likeness (QED) is 0.323. The van der Waals surface area contributed by atoms with Gasteiger partial charge in [-0.25, -0.2) is 0 Å². The molecule has 0 aromatic heterocycles. The molecule has 6 nitrogen and oxygen atoms in total. The summed E-state index contributed by atoms with van der Waals surface area (Å²) in [7, 11) is 5.55. The van der Waals surface area contributed by atoms with Crippen LogP contribution in [-0.2, 0) is 22.2 Å². The molecule has 2 N–H and O–H groups in total. The van der Waals surface area contributed by atoms with Crippen LogP contribution in [0.5, 0.6) is 5.75 Å². The lowest BCUT2D eigenvalue weighted by molar-refractivity contribution is -0.168. The Kier molecular flexibility index (Phi) is 7.75. The fourth-order valence-electron chi connectivity index (χ4n) is 7.84. The predicted octanol–water partition coefficient (Wildman–Crippen LogP) is 5.02. The molecular formula is C37H40N2O4. The molecule has 1 saturated carbocycles. The second kappa shape index (κ2) is 11.5. The maximum Gasteiger partial charge on any atom is 0.227 e. The molecule has 1 aliphatic carbocycles. The van der Waals surface area contributed by atoms with Gasteiger partial charge in [-0.05, 0) is 41.2 Å². The lowest BCUT2D eigenvalue weighted by Gasteiger charge is -2.55. The summed E-state index contributed by atoms with van der Waals surface area (Å²) in [6, 6.07) is 35.9. The van der Waals surface area contributed by atoms with E-state index < -0.39 is 23.0 Å². The summed E-state index contributed by atoms with van der Waals surface area (Å²) in [5.41, 5.74) is 2.43. The largest absolute Gasteiger partial charge is 0.496 e. The molecule has 4 aromatic rings. The maximum absolute atomic E-state index is 14.1. The monoisotopic (exact) mass is 576 g/mol. The van der Waals surface area contributed by atoms with E-state index in [1.807, 2.05) is 109 Å². The van der Waals surface area contributed by atoms with Gasteiger partial charge in [0.25, 0.3) is 0 Å². The van der Waals surface area contributed by atoms with Crippen molar-refractivity contribution in [1.29, 1.82) is 0 Å². The Morgan fingerprint density at radius 1 is 0.837 bits per heavy atom. The van der Waals surface area contributed by atoms with E-state index in [-0.39, 0.29) is 18.2 Å². The molecule has 0 unspecified atom stereocenters. The number of methoxy groups -OCH3 is 1. The number of carbonyl (C=O) groups is 1. The molecule has 2 aliphatic rings.